The molecule has 0 saturated carbocycles. The number of aromatic nitrogens is 2. The highest BCUT2D eigenvalue weighted by molar-refractivity contribution is 6.28. The van der Waals surface area contributed by atoms with Gasteiger partial charge in [-0.2, -0.15) is 4.98 Å². The van der Waals surface area contributed by atoms with E-state index in [4.69, 9.17) is 11.6 Å². The van der Waals surface area contributed by atoms with Crippen LogP contribution in [0.4, 0.5) is 5.82 Å². The Morgan fingerprint density at radius 1 is 1.27 bits per heavy atom. The average Bonchev–Trinajstić information content (AvgIpc) is 2.17. The molecule has 1 aromatic heterocycles. The Kier molecular flexibility index (Phi) is 2.36. The lowest BCUT2D eigenvalue weighted by atomic mass is 10.2. The second-order valence-electron chi connectivity index (χ2n) is 3.41. The molecule has 0 aliphatic rings. The zero-order valence-corrected chi connectivity index (χ0v) is 9.15. The van der Waals surface area contributed by atoms with Gasteiger partial charge >= 0.3 is 0 Å². The Morgan fingerprint density at radius 2 is 2.00 bits per heavy atom. The molecule has 0 aliphatic heterocycles. The van der Waals surface area contributed by atoms with Crippen LogP contribution < -0.4 is 4.90 Å². The Balaban J connectivity index is 2.81. The number of anilines is 1. The van der Waals surface area contributed by atoms with Crippen LogP contribution in [-0.4, -0.2) is 29.2 Å². The monoisotopic (exact) mass is 223 g/mol. The fraction of sp³-hybridized carbons (Fsp3) is 0.200. The van der Waals surface area contributed by atoms with Crippen LogP contribution in [0, 0.1) is 0 Å². The van der Waals surface area contributed by atoms with Crippen LogP contribution in [0.3, 0.4) is 0 Å². The van der Waals surface area contributed by atoms with Gasteiger partial charge in [-0.05, 0) is 29.8 Å². The number of benzene rings is 1. The fourth-order valence-electron chi connectivity index (χ4n) is 1.41. The van der Waals surface area contributed by atoms with Crippen molar-refractivity contribution < 1.29 is 5.11 Å². The number of fused-ring (bicyclic) bond motifs is 1. The lowest BCUT2D eigenvalue weighted by molar-refractivity contribution is 0.476. The minimum absolute atomic E-state index is 0.191. The van der Waals surface area contributed by atoms with Gasteiger partial charge in [-0.3, -0.25) is 0 Å². The summed E-state index contributed by atoms with van der Waals surface area (Å²) >= 11 is 5.80. The summed E-state index contributed by atoms with van der Waals surface area (Å²) in [6, 6.07) is 4.91. The molecule has 5 heteroatoms. The first-order chi connectivity index (χ1) is 7.08. The topological polar surface area (TPSA) is 49.2 Å². The van der Waals surface area contributed by atoms with E-state index in [1.807, 2.05) is 19.0 Å². The summed E-state index contributed by atoms with van der Waals surface area (Å²) < 4.78 is 0. The molecule has 0 spiro atoms. The molecule has 0 unspecified atom stereocenters. The standard InChI is InChI=1S/C10H10ClN3O/c1-14(2)9-7-5-6(15)3-4-8(7)12-10(11)13-9/h3-5,15H,1-2H3. The van der Waals surface area contributed by atoms with Crippen molar-refractivity contribution in [2.45, 2.75) is 0 Å². The highest BCUT2D eigenvalue weighted by atomic mass is 35.5. The molecule has 0 fully saturated rings. The molecule has 0 atom stereocenters. The summed E-state index contributed by atoms with van der Waals surface area (Å²) in [6.45, 7) is 0. The Labute approximate surface area is 92.1 Å². The van der Waals surface area contributed by atoms with Gasteiger partial charge in [0, 0.05) is 19.5 Å². The number of hydrogen-bond acceptors (Lipinski definition) is 4. The molecule has 0 saturated heterocycles. The molecule has 4 nitrogen and oxygen atoms in total. The van der Waals surface area contributed by atoms with E-state index in [-0.39, 0.29) is 11.0 Å². The van der Waals surface area contributed by atoms with Gasteiger partial charge in [0.05, 0.1) is 5.52 Å². The van der Waals surface area contributed by atoms with Crippen molar-refractivity contribution in [3.8, 4) is 5.75 Å². The van der Waals surface area contributed by atoms with Crippen LogP contribution >= 0.6 is 11.6 Å². The SMILES string of the molecule is CN(C)c1nc(Cl)nc2ccc(O)cc12. The normalized spacial score (nSPS) is 10.6. The molecule has 1 aromatic carbocycles. The smallest absolute Gasteiger partial charge is 0.224 e. The van der Waals surface area contributed by atoms with Gasteiger partial charge in [0.1, 0.15) is 11.6 Å². The molecule has 2 rings (SSSR count). The average molecular weight is 224 g/mol. The maximum absolute atomic E-state index is 9.40. The summed E-state index contributed by atoms with van der Waals surface area (Å²) in [6.07, 6.45) is 0. The highest BCUT2D eigenvalue weighted by Crippen LogP contribution is 2.26. The Morgan fingerprint density at radius 3 is 2.67 bits per heavy atom. The minimum atomic E-state index is 0.191. The molecule has 1 N–H and O–H groups in total. The third-order valence-corrected chi connectivity index (χ3v) is 2.22. The van der Waals surface area contributed by atoms with E-state index in [9.17, 15) is 5.11 Å². The van der Waals surface area contributed by atoms with Gasteiger partial charge in [-0.25, -0.2) is 4.98 Å². The number of halogens is 1. The number of aromatic hydroxyl groups is 1. The van der Waals surface area contributed by atoms with E-state index in [1.165, 1.54) is 0 Å². The lowest BCUT2D eigenvalue weighted by Crippen LogP contribution is -2.11. The molecule has 78 valence electrons. The summed E-state index contributed by atoms with van der Waals surface area (Å²) in [5.41, 5.74) is 0.719. The fourth-order valence-corrected chi connectivity index (χ4v) is 1.58. The first-order valence-electron chi connectivity index (χ1n) is 4.41. The van der Waals surface area contributed by atoms with Crippen LogP contribution in [-0.2, 0) is 0 Å². The molecule has 2 aromatic rings. The van der Waals surface area contributed by atoms with Crippen LogP contribution in [0.5, 0.6) is 5.75 Å². The molecule has 0 amide bonds. The summed E-state index contributed by atoms with van der Waals surface area (Å²) in [5.74, 6) is 0.887. The van der Waals surface area contributed by atoms with Crippen molar-refractivity contribution in [2.24, 2.45) is 0 Å². The van der Waals surface area contributed by atoms with Crippen molar-refractivity contribution in [1.29, 1.82) is 0 Å². The summed E-state index contributed by atoms with van der Waals surface area (Å²) in [4.78, 5) is 10.0. The van der Waals surface area contributed by atoms with E-state index >= 15 is 0 Å². The van der Waals surface area contributed by atoms with Crippen LogP contribution in [0.2, 0.25) is 5.28 Å². The van der Waals surface area contributed by atoms with Crippen molar-refractivity contribution in [3.63, 3.8) is 0 Å². The third kappa shape index (κ3) is 1.80. The Hall–Kier alpha value is -1.55. The Bertz CT molecular complexity index is 513. The molecule has 0 aliphatic carbocycles. The second-order valence-corrected chi connectivity index (χ2v) is 3.75. The van der Waals surface area contributed by atoms with Gasteiger partial charge in [0.15, 0.2) is 0 Å². The molecular formula is C10H10ClN3O. The maximum Gasteiger partial charge on any atom is 0.224 e. The third-order valence-electron chi connectivity index (χ3n) is 2.06. The maximum atomic E-state index is 9.40. The number of hydrogen-bond donors (Lipinski definition) is 1. The predicted molar refractivity (Wildman–Crippen MR) is 60.5 cm³/mol. The highest BCUT2D eigenvalue weighted by Gasteiger charge is 2.08. The molecule has 0 bridgehead atoms. The first kappa shape index (κ1) is 9.98. The summed E-state index contributed by atoms with van der Waals surface area (Å²) in [7, 11) is 3.73. The van der Waals surface area contributed by atoms with Crippen molar-refractivity contribution in [1.82, 2.24) is 9.97 Å². The van der Waals surface area contributed by atoms with Gasteiger partial charge in [0.2, 0.25) is 5.28 Å². The van der Waals surface area contributed by atoms with Gasteiger partial charge in [-0.1, -0.05) is 0 Å². The van der Waals surface area contributed by atoms with E-state index in [2.05, 4.69) is 9.97 Å². The van der Waals surface area contributed by atoms with E-state index in [0.29, 0.717) is 5.82 Å². The van der Waals surface area contributed by atoms with Crippen LogP contribution in [0.15, 0.2) is 18.2 Å². The van der Waals surface area contributed by atoms with Crippen LogP contribution in [0.1, 0.15) is 0 Å². The molecule has 1 heterocycles. The number of nitrogens with zero attached hydrogens (tertiary/aromatic N) is 3. The van der Waals surface area contributed by atoms with Gasteiger partial charge < -0.3 is 10.0 Å². The van der Waals surface area contributed by atoms with E-state index < -0.39 is 0 Å². The van der Waals surface area contributed by atoms with Crippen molar-refractivity contribution in [2.75, 3.05) is 19.0 Å². The van der Waals surface area contributed by atoms with Crippen molar-refractivity contribution in [3.05, 3.63) is 23.5 Å². The zero-order chi connectivity index (χ0) is 11.0. The minimum Gasteiger partial charge on any atom is -0.508 e. The van der Waals surface area contributed by atoms with Crippen LogP contribution in [0.25, 0.3) is 10.9 Å². The lowest BCUT2D eigenvalue weighted by Gasteiger charge is -2.13. The quantitative estimate of drug-likeness (QED) is 0.752. The van der Waals surface area contributed by atoms with Gasteiger partial charge in [-0.15, -0.1) is 0 Å². The van der Waals surface area contributed by atoms with E-state index in [0.717, 1.165) is 10.9 Å². The number of phenols is 1. The molecule has 15 heavy (non-hydrogen) atoms. The predicted octanol–water partition coefficient (Wildman–Crippen LogP) is 2.05. The number of phenolic OH excluding ortho intramolecular Hbond substituents is 1. The summed E-state index contributed by atoms with van der Waals surface area (Å²) in [5, 5.41) is 10.4. The first-order valence-corrected chi connectivity index (χ1v) is 4.79. The largest absolute Gasteiger partial charge is 0.508 e. The van der Waals surface area contributed by atoms with Gasteiger partial charge in [0.25, 0.3) is 0 Å². The second kappa shape index (κ2) is 3.55. The van der Waals surface area contributed by atoms with Crippen molar-refractivity contribution >= 4 is 28.3 Å². The number of rotatable bonds is 1. The zero-order valence-electron chi connectivity index (χ0n) is 8.40. The molecular weight excluding hydrogens is 214 g/mol. The molecule has 0 radical (unpaired) electrons. The van der Waals surface area contributed by atoms with E-state index in [1.54, 1.807) is 18.2 Å².